The maximum atomic E-state index is 6.42. The zero-order valence-electron chi connectivity index (χ0n) is 15.5. The lowest BCUT2D eigenvalue weighted by atomic mass is 10.0. The minimum absolute atomic E-state index is 0.227. The summed E-state index contributed by atoms with van der Waals surface area (Å²) in [4.78, 5) is 7.63. The molecule has 1 saturated heterocycles. The quantitative estimate of drug-likeness (QED) is 0.590. The summed E-state index contributed by atoms with van der Waals surface area (Å²) in [6.07, 6.45) is 1.44. The molecule has 10 heteroatoms. The van der Waals surface area contributed by atoms with Gasteiger partial charge in [-0.15, -0.1) is 10.2 Å². The lowest BCUT2D eigenvalue weighted by Gasteiger charge is -2.28. The highest BCUT2D eigenvalue weighted by molar-refractivity contribution is 5.64. The summed E-state index contributed by atoms with van der Waals surface area (Å²) in [6.45, 7) is 1.76. The Morgan fingerprint density at radius 3 is 2.97 bits per heavy atom. The zero-order chi connectivity index (χ0) is 19.6. The van der Waals surface area contributed by atoms with E-state index in [0.717, 1.165) is 17.0 Å². The van der Waals surface area contributed by atoms with E-state index < -0.39 is 6.04 Å². The van der Waals surface area contributed by atoms with Gasteiger partial charge < -0.3 is 35.0 Å². The first kappa shape index (κ1) is 17.9. The van der Waals surface area contributed by atoms with Crippen molar-refractivity contribution in [2.75, 3.05) is 31.9 Å². The van der Waals surface area contributed by atoms with Crippen LogP contribution in [-0.4, -0.2) is 52.9 Å². The molecule has 0 amide bonds. The molecule has 10 nitrogen and oxygen atoms in total. The Labute approximate surface area is 166 Å². The number of hydrogen-bond donors (Lipinski definition) is 3. The monoisotopic (exact) mass is 396 g/mol. The molecule has 1 fully saturated rings. The molecule has 2 aliphatic heterocycles. The fourth-order valence-corrected chi connectivity index (χ4v) is 3.32. The number of nitrogens with zero attached hydrogens (tertiary/aromatic N) is 3. The molecule has 0 spiro atoms. The molecule has 0 aliphatic carbocycles. The van der Waals surface area contributed by atoms with Crippen molar-refractivity contribution < 1.29 is 18.9 Å². The fraction of sp³-hybridized carbons (Fsp3) is 0.316. The molecule has 1 aromatic carbocycles. The second kappa shape index (κ2) is 7.66. The maximum Gasteiger partial charge on any atom is 0.231 e. The largest absolute Gasteiger partial charge is 0.454 e. The summed E-state index contributed by atoms with van der Waals surface area (Å²) < 4.78 is 21.9. The van der Waals surface area contributed by atoms with E-state index in [1.165, 1.54) is 0 Å². The van der Waals surface area contributed by atoms with Gasteiger partial charge in [0.15, 0.2) is 17.3 Å². The van der Waals surface area contributed by atoms with E-state index in [-0.39, 0.29) is 12.9 Å². The molecule has 5 rings (SSSR count). The number of aromatic amines is 1. The number of rotatable bonds is 5. The normalized spacial score (nSPS) is 19.1. The van der Waals surface area contributed by atoms with Crippen LogP contribution in [0.25, 0.3) is 11.4 Å². The van der Waals surface area contributed by atoms with E-state index >= 15 is 0 Å². The van der Waals surface area contributed by atoms with Gasteiger partial charge in [-0.05, 0) is 24.3 Å². The summed E-state index contributed by atoms with van der Waals surface area (Å²) in [6, 6.07) is 8.85. The minimum atomic E-state index is -0.443. The first-order chi connectivity index (χ1) is 14.3. The highest BCUT2D eigenvalue weighted by Crippen LogP contribution is 2.35. The Balaban J connectivity index is 1.38. The molecule has 29 heavy (non-hydrogen) atoms. The summed E-state index contributed by atoms with van der Waals surface area (Å²) >= 11 is 0. The van der Waals surface area contributed by atoms with Crippen molar-refractivity contribution in [3.63, 3.8) is 0 Å². The number of ether oxygens (including phenoxy) is 4. The summed E-state index contributed by atoms with van der Waals surface area (Å²) in [7, 11) is 0. The van der Waals surface area contributed by atoms with E-state index in [1.54, 1.807) is 6.20 Å². The van der Waals surface area contributed by atoms with Gasteiger partial charge in [-0.3, -0.25) is 4.98 Å². The number of pyridine rings is 1. The fourth-order valence-electron chi connectivity index (χ4n) is 3.32. The minimum Gasteiger partial charge on any atom is -0.454 e. The molecule has 0 bridgehead atoms. The third kappa shape index (κ3) is 3.60. The molecular formula is C19H20N6O4. The van der Waals surface area contributed by atoms with Crippen LogP contribution >= 0.6 is 0 Å². The molecular weight excluding hydrogens is 376 g/mol. The molecule has 4 N–H and O–H groups in total. The first-order valence-corrected chi connectivity index (χ1v) is 9.27. The van der Waals surface area contributed by atoms with Crippen LogP contribution in [0.15, 0.2) is 36.5 Å². The predicted octanol–water partition coefficient (Wildman–Crippen LogP) is 1.75. The van der Waals surface area contributed by atoms with E-state index in [9.17, 15) is 0 Å². The summed E-state index contributed by atoms with van der Waals surface area (Å²) in [5.41, 5.74) is 8.66. The zero-order valence-corrected chi connectivity index (χ0v) is 15.5. The van der Waals surface area contributed by atoms with Gasteiger partial charge in [0, 0.05) is 23.5 Å². The average molecular weight is 396 g/mol. The van der Waals surface area contributed by atoms with Gasteiger partial charge in [-0.1, -0.05) is 0 Å². The van der Waals surface area contributed by atoms with Crippen LogP contribution in [-0.2, 0) is 9.47 Å². The maximum absolute atomic E-state index is 6.42. The van der Waals surface area contributed by atoms with Crippen molar-refractivity contribution in [1.29, 1.82) is 0 Å². The second-order valence-electron chi connectivity index (χ2n) is 6.66. The van der Waals surface area contributed by atoms with Crippen LogP contribution in [0.2, 0.25) is 0 Å². The van der Waals surface area contributed by atoms with E-state index in [0.29, 0.717) is 43.0 Å². The third-order valence-corrected chi connectivity index (χ3v) is 4.77. The molecule has 150 valence electrons. The van der Waals surface area contributed by atoms with Crippen molar-refractivity contribution in [3.8, 4) is 22.9 Å². The van der Waals surface area contributed by atoms with E-state index in [4.69, 9.17) is 24.7 Å². The van der Waals surface area contributed by atoms with Crippen molar-refractivity contribution in [2.24, 2.45) is 5.73 Å². The number of nitrogens with one attached hydrogen (secondary N) is 2. The van der Waals surface area contributed by atoms with Gasteiger partial charge in [0.2, 0.25) is 12.7 Å². The highest BCUT2D eigenvalue weighted by Gasteiger charge is 2.27. The van der Waals surface area contributed by atoms with Crippen molar-refractivity contribution in [2.45, 2.75) is 12.1 Å². The number of nitrogens with two attached hydrogens (primary N) is 1. The molecule has 2 unspecified atom stereocenters. The lowest BCUT2D eigenvalue weighted by Crippen LogP contribution is -2.38. The van der Waals surface area contributed by atoms with Crippen LogP contribution in [0, 0.1) is 0 Å². The lowest BCUT2D eigenvalue weighted by molar-refractivity contribution is -0.0979. The molecule has 2 atom stereocenters. The number of fused-ring (bicyclic) bond motifs is 1. The standard InChI is InChI=1S/C19H20N6O4/c20-16(15-9-26-6-7-27-15)17-12(2-1-5-21-17)18-23-19(25-24-18)22-11-3-4-13-14(8-11)29-10-28-13/h1-5,8,15-16H,6-7,9-10,20H2,(H2,22,23,24,25). The highest BCUT2D eigenvalue weighted by atomic mass is 16.7. The van der Waals surface area contributed by atoms with E-state index in [1.807, 2.05) is 30.3 Å². The Morgan fingerprint density at radius 2 is 2.07 bits per heavy atom. The summed E-state index contributed by atoms with van der Waals surface area (Å²) in [5, 5.41) is 11.6. The molecule has 2 aromatic heterocycles. The summed E-state index contributed by atoms with van der Waals surface area (Å²) in [5.74, 6) is 2.45. The first-order valence-electron chi connectivity index (χ1n) is 9.27. The Morgan fingerprint density at radius 1 is 1.14 bits per heavy atom. The van der Waals surface area contributed by atoms with Crippen molar-refractivity contribution in [1.82, 2.24) is 20.2 Å². The van der Waals surface area contributed by atoms with Gasteiger partial charge in [0.25, 0.3) is 0 Å². The number of H-pyrrole nitrogens is 1. The van der Waals surface area contributed by atoms with Crippen molar-refractivity contribution >= 4 is 11.6 Å². The molecule has 0 radical (unpaired) electrons. The van der Waals surface area contributed by atoms with Gasteiger partial charge in [0.1, 0.15) is 6.10 Å². The number of anilines is 2. The molecule has 4 heterocycles. The molecule has 0 saturated carbocycles. The van der Waals surface area contributed by atoms with Crippen LogP contribution in [0.1, 0.15) is 11.7 Å². The molecule has 2 aliphatic rings. The van der Waals surface area contributed by atoms with Gasteiger partial charge in [-0.2, -0.15) is 0 Å². The van der Waals surface area contributed by atoms with Gasteiger partial charge in [0.05, 0.1) is 31.6 Å². The molecule has 3 aromatic rings. The van der Waals surface area contributed by atoms with Gasteiger partial charge >= 0.3 is 0 Å². The topological polar surface area (TPSA) is 129 Å². The van der Waals surface area contributed by atoms with Crippen LogP contribution in [0.4, 0.5) is 11.6 Å². The smallest absolute Gasteiger partial charge is 0.231 e. The van der Waals surface area contributed by atoms with E-state index in [2.05, 4.69) is 25.5 Å². The van der Waals surface area contributed by atoms with Crippen molar-refractivity contribution in [3.05, 3.63) is 42.2 Å². The number of aromatic nitrogens is 4. The Bertz CT molecular complexity index is 1000. The van der Waals surface area contributed by atoms with Gasteiger partial charge in [-0.25, -0.2) is 0 Å². The number of hydrogen-bond acceptors (Lipinski definition) is 9. The van der Waals surface area contributed by atoms with Crippen LogP contribution in [0.3, 0.4) is 0 Å². The average Bonchev–Trinajstić information content (AvgIpc) is 3.43. The number of benzene rings is 1. The second-order valence-corrected chi connectivity index (χ2v) is 6.66. The SMILES string of the molecule is NC(c1ncccc1-c1nnc(Nc2ccc3c(c2)OCO3)[nH]1)C1COCCO1. The Kier molecular flexibility index (Phi) is 4.72. The third-order valence-electron chi connectivity index (χ3n) is 4.77. The Hall–Kier alpha value is -3.21. The van der Waals surface area contributed by atoms with Crippen LogP contribution in [0.5, 0.6) is 11.5 Å². The predicted molar refractivity (Wildman–Crippen MR) is 103 cm³/mol. The van der Waals surface area contributed by atoms with Crippen LogP contribution < -0.4 is 20.5 Å².